The minimum absolute atomic E-state index is 0.0895. The van der Waals surface area contributed by atoms with E-state index in [0.717, 1.165) is 12.2 Å². The van der Waals surface area contributed by atoms with Crippen molar-refractivity contribution in [3.8, 4) is 11.9 Å². The van der Waals surface area contributed by atoms with Gasteiger partial charge in [0.15, 0.2) is 0 Å². The van der Waals surface area contributed by atoms with Crippen LogP contribution in [0.4, 0.5) is 4.79 Å². The van der Waals surface area contributed by atoms with Crippen molar-refractivity contribution >= 4 is 35.0 Å². The van der Waals surface area contributed by atoms with Gasteiger partial charge in [-0.3, -0.25) is 0 Å². The summed E-state index contributed by atoms with van der Waals surface area (Å²) in [4.78, 5) is 21.4. The Labute approximate surface area is 163 Å². The maximum atomic E-state index is 11.7. The summed E-state index contributed by atoms with van der Waals surface area (Å²) >= 11 is 7.07. The molecule has 0 N–H and O–H groups in total. The van der Waals surface area contributed by atoms with E-state index in [9.17, 15) is 4.79 Å². The lowest BCUT2D eigenvalue weighted by Gasteiger charge is -2.20. The third-order valence-electron chi connectivity index (χ3n) is 2.68. The number of carbonyl (C=O) groups excluding carboxylic acids is 1. The van der Waals surface area contributed by atoms with E-state index in [1.807, 2.05) is 13.8 Å². The molecule has 0 aromatic carbocycles. The molecule has 0 aliphatic carbocycles. The highest BCUT2D eigenvalue weighted by Gasteiger charge is 2.20. The number of ether oxygens (including phenoxy) is 2. The zero-order chi connectivity index (χ0) is 19.6. The lowest BCUT2D eigenvalue weighted by Crippen LogP contribution is -2.25. The first-order valence-corrected chi connectivity index (χ1v) is 12.5. The van der Waals surface area contributed by atoms with Crippen LogP contribution in [0.1, 0.15) is 32.9 Å². The smallest absolute Gasteiger partial charge is 0.416 e. The molecule has 1 rings (SSSR count). The van der Waals surface area contributed by atoms with Crippen LogP contribution in [0.5, 0.6) is 11.9 Å². The van der Waals surface area contributed by atoms with Crippen LogP contribution in [-0.2, 0) is 27.5 Å². The second kappa shape index (κ2) is 11.7. The summed E-state index contributed by atoms with van der Waals surface area (Å²) in [6, 6.07) is 1.64. The molecule has 1 aromatic heterocycles. The van der Waals surface area contributed by atoms with E-state index in [1.165, 1.54) is 22.3 Å². The Morgan fingerprint density at radius 3 is 2.54 bits per heavy atom. The van der Waals surface area contributed by atoms with Gasteiger partial charge >= 0.3 is 12.1 Å². The lowest BCUT2D eigenvalue weighted by molar-refractivity contribution is 0.169. The monoisotopic (exact) mass is 423 g/mol. The number of rotatable bonds is 11. The minimum atomic E-state index is -2.46. The van der Waals surface area contributed by atoms with Crippen molar-refractivity contribution in [2.75, 3.05) is 33.1 Å². The van der Waals surface area contributed by atoms with E-state index in [4.69, 9.17) is 30.3 Å². The van der Waals surface area contributed by atoms with Gasteiger partial charge in [0.2, 0.25) is 11.6 Å². The summed E-state index contributed by atoms with van der Waals surface area (Å²) in [5, 5.41) is 0. The maximum absolute atomic E-state index is 11.7. The number of hydrogen-bond donors (Lipinski definition) is 0. The number of amides is 1. The standard InChI is InChI=1S/C15H26N3O5PS2/c1-6-9-26-24(25,21-8-3)22-11-12-10-13(23-15(19)18(4)5)17-14(16-12)20-7-2/h10H,6-9,11H2,1-5H3/t24-/m0/s1. The van der Waals surface area contributed by atoms with Gasteiger partial charge in [0.25, 0.3) is 0 Å². The molecule has 0 unspecified atom stereocenters. The first-order valence-electron chi connectivity index (χ1n) is 8.27. The molecule has 11 heteroatoms. The lowest BCUT2D eigenvalue weighted by atomic mass is 10.4. The van der Waals surface area contributed by atoms with E-state index in [0.29, 0.717) is 18.9 Å². The van der Waals surface area contributed by atoms with Gasteiger partial charge in [-0.1, -0.05) is 18.3 Å². The highest BCUT2D eigenvalue weighted by molar-refractivity contribution is 8.67. The zero-order valence-electron chi connectivity index (χ0n) is 15.8. The van der Waals surface area contributed by atoms with Gasteiger partial charge in [-0.05, 0) is 32.1 Å². The highest BCUT2D eigenvalue weighted by atomic mass is 32.9. The topological polar surface area (TPSA) is 83.0 Å². The van der Waals surface area contributed by atoms with Crippen LogP contribution < -0.4 is 9.47 Å². The molecular weight excluding hydrogens is 397 g/mol. The van der Waals surface area contributed by atoms with E-state index in [-0.39, 0.29) is 18.5 Å². The average molecular weight is 423 g/mol. The molecule has 0 saturated heterocycles. The fourth-order valence-electron chi connectivity index (χ4n) is 1.57. The van der Waals surface area contributed by atoms with Crippen molar-refractivity contribution in [2.45, 2.75) is 33.8 Å². The molecule has 1 heterocycles. The van der Waals surface area contributed by atoms with Crippen LogP contribution in [0, 0.1) is 0 Å². The molecule has 0 radical (unpaired) electrons. The van der Waals surface area contributed by atoms with Gasteiger partial charge in [0.1, 0.15) is 0 Å². The largest absolute Gasteiger partial charge is 0.464 e. The van der Waals surface area contributed by atoms with Crippen LogP contribution in [0.3, 0.4) is 0 Å². The molecular formula is C15H26N3O5PS2. The summed E-state index contributed by atoms with van der Waals surface area (Å²) in [5.41, 5.74) is -1.96. The number of hydrogen-bond acceptors (Lipinski definition) is 9. The summed E-state index contributed by atoms with van der Waals surface area (Å²) < 4.78 is 22.1. The van der Waals surface area contributed by atoms with E-state index in [2.05, 4.69) is 16.9 Å². The molecule has 0 saturated carbocycles. The Balaban J connectivity index is 2.93. The second-order valence-electron chi connectivity index (χ2n) is 5.15. The van der Waals surface area contributed by atoms with Crippen LogP contribution in [0.15, 0.2) is 6.07 Å². The molecule has 1 amide bonds. The fraction of sp³-hybridized carbons (Fsp3) is 0.667. The number of aromatic nitrogens is 2. The Morgan fingerprint density at radius 2 is 1.96 bits per heavy atom. The minimum Gasteiger partial charge on any atom is -0.464 e. The summed E-state index contributed by atoms with van der Waals surface area (Å²) in [6.45, 7) is 6.75. The fourth-order valence-corrected chi connectivity index (χ4v) is 6.09. The molecule has 1 atom stereocenters. The number of nitrogens with zero attached hydrogens (tertiary/aromatic N) is 3. The molecule has 0 spiro atoms. The predicted molar refractivity (Wildman–Crippen MR) is 106 cm³/mol. The highest BCUT2D eigenvalue weighted by Crippen LogP contribution is 2.61. The van der Waals surface area contributed by atoms with Gasteiger partial charge < -0.3 is 23.4 Å². The van der Waals surface area contributed by atoms with Crippen molar-refractivity contribution in [2.24, 2.45) is 0 Å². The van der Waals surface area contributed by atoms with Crippen molar-refractivity contribution < 1.29 is 23.3 Å². The average Bonchev–Trinajstić information content (AvgIpc) is 2.59. The summed E-state index contributed by atoms with van der Waals surface area (Å²) in [6.07, 6.45) is 0.433. The van der Waals surface area contributed by atoms with Crippen molar-refractivity contribution in [3.63, 3.8) is 0 Å². The maximum Gasteiger partial charge on any atom is 0.416 e. The van der Waals surface area contributed by atoms with Crippen LogP contribution >= 0.6 is 17.1 Å². The van der Waals surface area contributed by atoms with Gasteiger partial charge in [0.05, 0.1) is 25.5 Å². The quantitative estimate of drug-likeness (QED) is 0.493. The van der Waals surface area contributed by atoms with E-state index < -0.39 is 11.8 Å². The van der Waals surface area contributed by atoms with Crippen molar-refractivity contribution in [1.29, 1.82) is 0 Å². The third kappa shape index (κ3) is 8.18. The second-order valence-corrected chi connectivity index (χ2v) is 11.6. The summed E-state index contributed by atoms with van der Waals surface area (Å²) in [5.74, 6) is 0.948. The molecule has 1 aromatic rings. The molecule has 0 aliphatic heterocycles. The van der Waals surface area contributed by atoms with Gasteiger partial charge in [-0.25, -0.2) is 4.79 Å². The summed E-state index contributed by atoms with van der Waals surface area (Å²) in [7, 11) is 3.17. The molecule has 0 bridgehead atoms. The first kappa shape index (κ1) is 23.1. The number of carbonyl (C=O) groups is 1. The van der Waals surface area contributed by atoms with E-state index >= 15 is 0 Å². The predicted octanol–water partition coefficient (Wildman–Crippen LogP) is 3.86. The van der Waals surface area contributed by atoms with Crippen molar-refractivity contribution in [1.82, 2.24) is 14.9 Å². The molecule has 0 aliphatic rings. The molecule has 148 valence electrons. The van der Waals surface area contributed by atoms with Gasteiger partial charge in [0, 0.05) is 25.9 Å². The van der Waals surface area contributed by atoms with Gasteiger partial charge in [-0.15, -0.1) is 0 Å². The third-order valence-corrected chi connectivity index (χ3v) is 8.31. The first-order chi connectivity index (χ1) is 12.3. The van der Waals surface area contributed by atoms with Crippen LogP contribution in [0.2, 0.25) is 0 Å². The Bertz CT molecular complexity index is 633. The van der Waals surface area contributed by atoms with Crippen LogP contribution in [-0.4, -0.2) is 54.0 Å². The van der Waals surface area contributed by atoms with Gasteiger partial charge in [-0.2, -0.15) is 9.97 Å². The normalized spacial score (nSPS) is 13.1. The molecule has 0 fully saturated rings. The zero-order valence-corrected chi connectivity index (χ0v) is 18.3. The molecule has 26 heavy (non-hydrogen) atoms. The molecule has 8 nitrogen and oxygen atoms in total. The Hall–Kier alpha value is -0.930. The van der Waals surface area contributed by atoms with E-state index in [1.54, 1.807) is 14.1 Å². The Morgan fingerprint density at radius 1 is 1.23 bits per heavy atom. The SMILES string of the molecule is CCCS[P@@](=S)(OCC)OCc1cc(OC(=O)N(C)C)nc(OCC)n1. The van der Waals surface area contributed by atoms with Crippen molar-refractivity contribution in [3.05, 3.63) is 11.8 Å². The van der Waals surface area contributed by atoms with Crippen LogP contribution in [0.25, 0.3) is 0 Å². The Kier molecular flexibility index (Phi) is 10.4.